The molecule has 0 atom stereocenters. The SMILES string of the molecule is CN(CC(C)(C)C)C(N)=NC1CC1. The lowest BCUT2D eigenvalue weighted by atomic mass is 9.96. The summed E-state index contributed by atoms with van der Waals surface area (Å²) in [5, 5.41) is 0. The molecule has 1 fully saturated rings. The van der Waals surface area contributed by atoms with Gasteiger partial charge in [-0.3, -0.25) is 0 Å². The van der Waals surface area contributed by atoms with Gasteiger partial charge >= 0.3 is 0 Å². The van der Waals surface area contributed by atoms with E-state index in [1.807, 2.05) is 11.9 Å². The van der Waals surface area contributed by atoms with Gasteiger partial charge in [0.25, 0.3) is 0 Å². The largest absolute Gasteiger partial charge is 0.370 e. The summed E-state index contributed by atoms with van der Waals surface area (Å²) >= 11 is 0. The monoisotopic (exact) mass is 183 g/mol. The number of guanidine groups is 1. The highest BCUT2D eigenvalue weighted by atomic mass is 15.2. The number of nitrogens with two attached hydrogens (primary N) is 1. The van der Waals surface area contributed by atoms with Crippen molar-refractivity contribution in [3.8, 4) is 0 Å². The Balaban J connectivity index is 2.41. The molecule has 1 aliphatic rings. The van der Waals surface area contributed by atoms with E-state index in [4.69, 9.17) is 5.73 Å². The van der Waals surface area contributed by atoms with E-state index in [9.17, 15) is 0 Å². The number of aliphatic imine (C=N–C) groups is 1. The fourth-order valence-electron chi connectivity index (χ4n) is 1.28. The Labute approximate surface area is 81.0 Å². The van der Waals surface area contributed by atoms with E-state index in [0.29, 0.717) is 12.0 Å². The topological polar surface area (TPSA) is 41.6 Å². The molecule has 13 heavy (non-hydrogen) atoms. The zero-order chi connectivity index (χ0) is 10.1. The molecule has 0 radical (unpaired) electrons. The van der Waals surface area contributed by atoms with Crippen LogP contribution in [0.15, 0.2) is 4.99 Å². The fraction of sp³-hybridized carbons (Fsp3) is 0.900. The van der Waals surface area contributed by atoms with Crippen LogP contribution in [0.3, 0.4) is 0 Å². The lowest BCUT2D eigenvalue weighted by Crippen LogP contribution is -2.39. The van der Waals surface area contributed by atoms with Gasteiger partial charge in [-0.05, 0) is 18.3 Å². The summed E-state index contributed by atoms with van der Waals surface area (Å²) in [5.74, 6) is 0.692. The van der Waals surface area contributed by atoms with Gasteiger partial charge in [0, 0.05) is 13.6 Å². The molecule has 1 rings (SSSR count). The Hall–Kier alpha value is -0.730. The molecule has 0 aromatic rings. The van der Waals surface area contributed by atoms with Crippen molar-refractivity contribution in [2.75, 3.05) is 13.6 Å². The first-order valence-corrected chi connectivity index (χ1v) is 4.93. The van der Waals surface area contributed by atoms with Crippen LogP contribution in [0, 0.1) is 5.41 Å². The van der Waals surface area contributed by atoms with Crippen LogP contribution in [0.2, 0.25) is 0 Å². The van der Waals surface area contributed by atoms with Crippen molar-refractivity contribution in [2.45, 2.75) is 39.7 Å². The Morgan fingerprint density at radius 3 is 2.38 bits per heavy atom. The van der Waals surface area contributed by atoms with Gasteiger partial charge in [0.2, 0.25) is 0 Å². The molecule has 2 N–H and O–H groups in total. The van der Waals surface area contributed by atoms with Crippen molar-refractivity contribution in [3.05, 3.63) is 0 Å². The van der Waals surface area contributed by atoms with Gasteiger partial charge in [-0.25, -0.2) is 4.99 Å². The summed E-state index contributed by atoms with van der Waals surface area (Å²) in [5.41, 5.74) is 6.12. The predicted octanol–water partition coefficient (Wildman–Crippen LogP) is 1.44. The third-order valence-corrected chi connectivity index (χ3v) is 1.96. The molecule has 0 heterocycles. The van der Waals surface area contributed by atoms with Crippen LogP contribution in [0.25, 0.3) is 0 Å². The molecule has 0 unspecified atom stereocenters. The number of hydrogen-bond donors (Lipinski definition) is 1. The minimum absolute atomic E-state index is 0.276. The van der Waals surface area contributed by atoms with E-state index in [1.165, 1.54) is 12.8 Å². The maximum absolute atomic E-state index is 5.84. The molecular formula is C10H21N3. The summed E-state index contributed by atoms with van der Waals surface area (Å²) in [7, 11) is 2.01. The van der Waals surface area contributed by atoms with Gasteiger partial charge in [-0.2, -0.15) is 0 Å². The second kappa shape index (κ2) is 3.56. The maximum atomic E-state index is 5.84. The molecule has 3 heteroatoms. The van der Waals surface area contributed by atoms with Crippen molar-refractivity contribution in [3.63, 3.8) is 0 Å². The normalized spacial score (nSPS) is 18.9. The molecule has 1 saturated carbocycles. The maximum Gasteiger partial charge on any atom is 0.191 e. The predicted molar refractivity (Wildman–Crippen MR) is 56.7 cm³/mol. The number of rotatable bonds is 2. The second-order valence-electron chi connectivity index (χ2n) is 5.14. The second-order valence-corrected chi connectivity index (χ2v) is 5.14. The lowest BCUT2D eigenvalue weighted by molar-refractivity contribution is 0.303. The van der Waals surface area contributed by atoms with Crippen molar-refractivity contribution < 1.29 is 0 Å². The van der Waals surface area contributed by atoms with E-state index in [0.717, 1.165) is 6.54 Å². The summed E-state index contributed by atoms with van der Waals surface area (Å²) in [6.45, 7) is 7.56. The van der Waals surface area contributed by atoms with Crippen molar-refractivity contribution in [2.24, 2.45) is 16.1 Å². The smallest absolute Gasteiger partial charge is 0.191 e. The first-order chi connectivity index (χ1) is 5.88. The standard InChI is InChI=1S/C10H21N3/c1-10(2,3)7-13(4)9(11)12-8-5-6-8/h8H,5-7H2,1-4H3,(H2,11,12). The van der Waals surface area contributed by atoms with Crippen LogP contribution in [0.1, 0.15) is 33.6 Å². The third kappa shape index (κ3) is 4.15. The van der Waals surface area contributed by atoms with E-state index < -0.39 is 0 Å². The third-order valence-electron chi connectivity index (χ3n) is 1.96. The van der Waals surface area contributed by atoms with Gasteiger partial charge in [-0.15, -0.1) is 0 Å². The van der Waals surface area contributed by atoms with E-state index >= 15 is 0 Å². The zero-order valence-corrected chi connectivity index (χ0v) is 9.17. The van der Waals surface area contributed by atoms with Crippen LogP contribution in [-0.4, -0.2) is 30.5 Å². The molecule has 76 valence electrons. The van der Waals surface area contributed by atoms with Gasteiger partial charge in [-0.1, -0.05) is 20.8 Å². The number of nitrogens with zero attached hydrogens (tertiary/aromatic N) is 2. The first kappa shape index (κ1) is 10.4. The molecule has 0 saturated heterocycles. The van der Waals surface area contributed by atoms with Gasteiger partial charge < -0.3 is 10.6 Å². The summed E-state index contributed by atoms with van der Waals surface area (Å²) in [6.07, 6.45) is 2.42. The van der Waals surface area contributed by atoms with E-state index in [1.54, 1.807) is 0 Å². The highest BCUT2D eigenvalue weighted by Gasteiger charge is 2.22. The molecule has 0 aromatic heterocycles. The summed E-state index contributed by atoms with van der Waals surface area (Å²) in [6, 6.07) is 0.516. The molecule has 0 amide bonds. The Morgan fingerprint density at radius 1 is 1.46 bits per heavy atom. The average Bonchev–Trinajstić information content (AvgIpc) is 2.67. The molecule has 0 spiro atoms. The minimum atomic E-state index is 0.276. The van der Waals surface area contributed by atoms with E-state index in [2.05, 4.69) is 25.8 Å². The number of hydrogen-bond acceptors (Lipinski definition) is 1. The van der Waals surface area contributed by atoms with Gasteiger partial charge in [0.1, 0.15) is 0 Å². The Kier molecular flexibility index (Phi) is 2.84. The van der Waals surface area contributed by atoms with Crippen molar-refractivity contribution >= 4 is 5.96 Å². The quantitative estimate of drug-likeness (QED) is 0.520. The van der Waals surface area contributed by atoms with Crippen LogP contribution in [0.4, 0.5) is 0 Å². The van der Waals surface area contributed by atoms with Crippen LogP contribution in [0.5, 0.6) is 0 Å². The van der Waals surface area contributed by atoms with Gasteiger partial charge in [0.05, 0.1) is 6.04 Å². The average molecular weight is 183 g/mol. The Bertz CT molecular complexity index is 199. The first-order valence-electron chi connectivity index (χ1n) is 4.93. The molecule has 0 aromatic carbocycles. The minimum Gasteiger partial charge on any atom is -0.370 e. The van der Waals surface area contributed by atoms with Gasteiger partial charge in [0.15, 0.2) is 5.96 Å². The molecule has 3 nitrogen and oxygen atoms in total. The van der Waals surface area contributed by atoms with E-state index in [-0.39, 0.29) is 5.41 Å². The van der Waals surface area contributed by atoms with Crippen molar-refractivity contribution in [1.82, 2.24) is 4.90 Å². The fourth-order valence-corrected chi connectivity index (χ4v) is 1.28. The molecule has 1 aliphatic carbocycles. The van der Waals surface area contributed by atoms with Crippen molar-refractivity contribution in [1.29, 1.82) is 0 Å². The molecule has 0 bridgehead atoms. The lowest BCUT2D eigenvalue weighted by Gasteiger charge is -2.27. The molecule has 0 aliphatic heterocycles. The zero-order valence-electron chi connectivity index (χ0n) is 9.17. The van der Waals surface area contributed by atoms with Crippen LogP contribution < -0.4 is 5.73 Å². The highest BCUT2D eigenvalue weighted by Crippen LogP contribution is 2.23. The summed E-state index contributed by atoms with van der Waals surface area (Å²) < 4.78 is 0. The Morgan fingerprint density at radius 2 is 2.00 bits per heavy atom. The van der Waals surface area contributed by atoms with Crippen LogP contribution >= 0.6 is 0 Å². The summed E-state index contributed by atoms with van der Waals surface area (Å²) in [4.78, 5) is 6.43. The molecular weight excluding hydrogens is 162 g/mol. The highest BCUT2D eigenvalue weighted by molar-refractivity contribution is 5.78. The van der Waals surface area contributed by atoms with Crippen LogP contribution in [-0.2, 0) is 0 Å².